The van der Waals surface area contributed by atoms with Gasteiger partial charge in [-0.1, -0.05) is 90.7 Å². The van der Waals surface area contributed by atoms with Crippen molar-refractivity contribution >= 4 is 5.91 Å². The summed E-state index contributed by atoms with van der Waals surface area (Å²) < 4.78 is 5.70. The van der Waals surface area contributed by atoms with Gasteiger partial charge in [0.05, 0.1) is 0 Å². The van der Waals surface area contributed by atoms with Crippen LogP contribution in [0.15, 0.2) is 24.3 Å². The molecule has 1 N–H and O–H groups in total. The van der Waals surface area contributed by atoms with Crippen LogP contribution in [0.25, 0.3) is 0 Å². The zero-order valence-electron chi connectivity index (χ0n) is 17.7. The molecule has 27 heavy (non-hydrogen) atoms. The van der Waals surface area contributed by atoms with E-state index < -0.39 is 0 Å². The molecule has 1 aromatic carbocycles. The quantitative estimate of drug-likeness (QED) is 0.687. The van der Waals surface area contributed by atoms with Crippen LogP contribution in [0.4, 0.5) is 0 Å². The van der Waals surface area contributed by atoms with Crippen LogP contribution in [0.5, 0.6) is 5.75 Å². The Balaban J connectivity index is 1.76. The van der Waals surface area contributed by atoms with E-state index in [0.717, 1.165) is 18.6 Å². The summed E-state index contributed by atoms with van der Waals surface area (Å²) in [7, 11) is 0. The molecule has 0 bridgehead atoms. The van der Waals surface area contributed by atoms with Crippen molar-refractivity contribution in [1.29, 1.82) is 0 Å². The molecule has 1 aliphatic rings. The Morgan fingerprint density at radius 2 is 1.37 bits per heavy atom. The number of hydrogen-bond donors (Lipinski definition) is 1. The van der Waals surface area contributed by atoms with Crippen LogP contribution >= 0.6 is 0 Å². The second kappa shape index (κ2) is 11.4. The number of rotatable bonds is 4. The smallest absolute Gasteiger partial charge is 0.258 e. The maximum atomic E-state index is 12.3. The van der Waals surface area contributed by atoms with E-state index in [0.29, 0.717) is 6.04 Å². The molecule has 152 valence electrons. The minimum absolute atomic E-state index is 0.00647. The zero-order valence-corrected chi connectivity index (χ0v) is 17.7. The van der Waals surface area contributed by atoms with E-state index in [1.807, 2.05) is 12.1 Å². The standard InChI is InChI=1S/C24H39NO2/c1-24(2,3)20-15-17-22(18-16-20)27-19-23(26)25-21-13-11-9-7-5-4-6-8-10-12-14-21/h15-18,21H,4-14,19H2,1-3H3,(H,25,26). The maximum Gasteiger partial charge on any atom is 0.258 e. The summed E-state index contributed by atoms with van der Waals surface area (Å²) in [5.74, 6) is 0.767. The van der Waals surface area contributed by atoms with Gasteiger partial charge in [-0.25, -0.2) is 0 Å². The molecule has 0 atom stereocenters. The minimum atomic E-state index is 0.00647. The summed E-state index contributed by atoms with van der Waals surface area (Å²) in [6, 6.07) is 8.40. The van der Waals surface area contributed by atoms with Gasteiger partial charge in [0.25, 0.3) is 5.91 Å². The van der Waals surface area contributed by atoms with Crippen LogP contribution in [0, 0.1) is 0 Å². The van der Waals surface area contributed by atoms with Gasteiger partial charge in [0.2, 0.25) is 0 Å². The topological polar surface area (TPSA) is 38.3 Å². The number of hydrogen-bond acceptors (Lipinski definition) is 2. The van der Waals surface area contributed by atoms with Gasteiger partial charge in [-0.15, -0.1) is 0 Å². The number of amides is 1. The third-order valence-electron chi connectivity index (χ3n) is 5.56. The molecule has 0 unspecified atom stereocenters. The lowest BCUT2D eigenvalue weighted by atomic mass is 9.87. The van der Waals surface area contributed by atoms with Crippen LogP contribution < -0.4 is 10.1 Å². The lowest BCUT2D eigenvalue weighted by Crippen LogP contribution is -2.38. The molecular weight excluding hydrogens is 334 g/mol. The van der Waals surface area contributed by atoms with E-state index in [4.69, 9.17) is 4.74 Å². The first-order valence-corrected chi connectivity index (χ1v) is 11.0. The van der Waals surface area contributed by atoms with Gasteiger partial charge in [0.1, 0.15) is 5.75 Å². The average molecular weight is 374 g/mol. The first kappa shape index (κ1) is 21.8. The Kier molecular flexibility index (Phi) is 9.17. The van der Waals surface area contributed by atoms with Crippen molar-refractivity contribution in [3.05, 3.63) is 29.8 Å². The summed E-state index contributed by atoms with van der Waals surface area (Å²) in [5, 5.41) is 3.21. The second-order valence-electron chi connectivity index (χ2n) is 9.09. The van der Waals surface area contributed by atoms with Gasteiger partial charge in [0, 0.05) is 6.04 Å². The van der Waals surface area contributed by atoms with Crippen molar-refractivity contribution in [3.63, 3.8) is 0 Å². The molecule has 0 saturated heterocycles. The Bertz CT molecular complexity index is 532. The van der Waals surface area contributed by atoms with Gasteiger partial charge < -0.3 is 10.1 Å². The number of carbonyl (C=O) groups is 1. The molecule has 2 rings (SSSR count). The van der Waals surface area contributed by atoms with Crippen molar-refractivity contribution < 1.29 is 9.53 Å². The first-order chi connectivity index (χ1) is 12.9. The van der Waals surface area contributed by atoms with Crippen LogP contribution in [-0.4, -0.2) is 18.6 Å². The normalized spacial score (nSPS) is 18.2. The van der Waals surface area contributed by atoms with E-state index in [2.05, 4.69) is 38.2 Å². The van der Waals surface area contributed by atoms with Gasteiger partial charge in [0.15, 0.2) is 6.61 Å². The molecule has 1 aliphatic carbocycles. The SMILES string of the molecule is CC(C)(C)c1ccc(OCC(=O)NC2CCCCCCCCCCC2)cc1. The third-order valence-corrected chi connectivity index (χ3v) is 5.56. The Morgan fingerprint density at radius 1 is 0.889 bits per heavy atom. The van der Waals surface area contributed by atoms with Crippen molar-refractivity contribution in [2.45, 2.75) is 103 Å². The van der Waals surface area contributed by atoms with Crippen molar-refractivity contribution in [2.24, 2.45) is 0 Å². The molecule has 1 saturated carbocycles. The predicted octanol–water partition coefficient (Wildman–Crippen LogP) is 6.15. The third kappa shape index (κ3) is 8.81. The molecule has 0 spiro atoms. The molecule has 0 aromatic heterocycles. The molecule has 1 amide bonds. The Morgan fingerprint density at radius 3 is 1.85 bits per heavy atom. The van der Waals surface area contributed by atoms with E-state index in [-0.39, 0.29) is 17.9 Å². The summed E-state index contributed by atoms with van der Waals surface area (Å²) in [4.78, 5) is 12.3. The van der Waals surface area contributed by atoms with E-state index in [1.165, 1.54) is 63.4 Å². The molecule has 0 aliphatic heterocycles. The van der Waals surface area contributed by atoms with Crippen molar-refractivity contribution in [3.8, 4) is 5.75 Å². The van der Waals surface area contributed by atoms with E-state index in [9.17, 15) is 4.79 Å². The van der Waals surface area contributed by atoms with Crippen LogP contribution in [-0.2, 0) is 10.2 Å². The number of benzene rings is 1. The summed E-state index contributed by atoms with van der Waals surface area (Å²) in [5.41, 5.74) is 1.40. The highest BCUT2D eigenvalue weighted by Gasteiger charge is 2.15. The monoisotopic (exact) mass is 373 g/mol. The van der Waals surface area contributed by atoms with E-state index >= 15 is 0 Å². The van der Waals surface area contributed by atoms with Gasteiger partial charge >= 0.3 is 0 Å². The van der Waals surface area contributed by atoms with Crippen molar-refractivity contribution in [1.82, 2.24) is 5.32 Å². The van der Waals surface area contributed by atoms with Gasteiger partial charge in [-0.3, -0.25) is 4.79 Å². The van der Waals surface area contributed by atoms with E-state index in [1.54, 1.807) is 0 Å². The van der Waals surface area contributed by atoms with Crippen LogP contribution in [0.2, 0.25) is 0 Å². The Labute approximate surface area is 166 Å². The van der Waals surface area contributed by atoms with Crippen molar-refractivity contribution in [2.75, 3.05) is 6.61 Å². The molecule has 1 aromatic rings. The summed E-state index contributed by atoms with van der Waals surface area (Å²) >= 11 is 0. The lowest BCUT2D eigenvalue weighted by molar-refractivity contribution is -0.123. The molecular formula is C24H39NO2. The lowest BCUT2D eigenvalue weighted by Gasteiger charge is -2.20. The second-order valence-corrected chi connectivity index (χ2v) is 9.09. The molecule has 3 nitrogen and oxygen atoms in total. The fraction of sp³-hybridized carbons (Fsp3) is 0.708. The Hall–Kier alpha value is -1.51. The molecule has 1 fully saturated rings. The summed E-state index contributed by atoms with van der Waals surface area (Å²) in [6.07, 6.45) is 14.1. The highest BCUT2D eigenvalue weighted by Crippen LogP contribution is 2.24. The van der Waals surface area contributed by atoms with Gasteiger partial charge in [-0.2, -0.15) is 0 Å². The minimum Gasteiger partial charge on any atom is -0.484 e. The molecule has 0 heterocycles. The predicted molar refractivity (Wildman–Crippen MR) is 113 cm³/mol. The first-order valence-electron chi connectivity index (χ1n) is 11.0. The zero-order chi connectivity index (χ0) is 19.5. The molecule has 0 radical (unpaired) electrons. The number of carbonyl (C=O) groups excluding carboxylic acids is 1. The molecule has 3 heteroatoms. The van der Waals surface area contributed by atoms with Crippen LogP contribution in [0.3, 0.4) is 0 Å². The fourth-order valence-corrected chi connectivity index (χ4v) is 3.78. The maximum absolute atomic E-state index is 12.3. The van der Waals surface area contributed by atoms with Crippen LogP contribution in [0.1, 0.15) is 97.0 Å². The highest BCUT2D eigenvalue weighted by atomic mass is 16.5. The van der Waals surface area contributed by atoms with Gasteiger partial charge in [-0.05, 0) is 36.0 Å². The highest BCUT2D eigenvalue weighted by molar-refractivity contribution is 5.77. The summed E-state index contributed by atoms with van der Waals surface area (Å²) in [6.45, 7) is 6.68. The number of ether oxygens (including phenoxy) is 1. The average Bonchev–Trinajstić information content (AvgIpc) is 2.62. The largest absolute Gasteiger partial charge is 0.484 e. The fourth-order valence-electron chi connectivity index (χ4n) is 3.78. The number of nitrogens with one attached hydrogen (secondary N) is 1.